The van der Waals surface area contributed by atoms with Crippen LogP contribution in [0.25, 0.3) is 0 Å². The Hall–Kier alpha value is -2.35. The van der Waals surface area contributed by atoms with Crippen molar-refractivity contribution < 1.29 is 23.9 Å². The topological polar surface area (TPSA) is 76.2 Å². The van der Waals surface area contributed by atoms with E-state index in [1.54, 1.807) is 11.0 Å². The van der Waals surface area contributed by atoms with Crippen molar-refractivity contribution in [3.05, 3.63) is 40.9 Å². The molecule has 0 spiro atoms. The molecule has 0 bridgehead atoms. The second kappa shape index (κ2) is 8.65. The van der Waals surface area contributed by atoms with E-state index in [4.69, 9.17) is 9.47 Å². The number of ether oxygens (including phenoxy) is 2. The average molecular weight is 493 g/mol. The molecule has 2 aliphatic rings. The molecule has 0 N–H and O–H groups in total. The fourth-order valence-electron chi connectivity index (χ4n) is 4.97. The van der Waals surface area contributed by atoms with Crippen LogP contribution in [-0.2, 0) is 24.5 Å². The van der Waals surface area contributed by atoms with Gasteiger partial charge in [-0.15, -0.1) is 6.58 Å². The molecule has 3 rings (SSSR count). The number of amides is 1. The summed E-state index contributed by atoms with van der Waals surface area (Å²) in [4.78, 5) is 41.4. The highest BCUT2D eigenvalue weighted by Gasteiger charge is 2.64. The maximum Gasteiger partial charge on any atom is 0.411 e. The number of carbonyl (C=O) groups is 3. The lowest BCUT2D eigenvalue weighted by atomic mass is 9.68. The molecule has 0 unspecified atom stereocenters. The first-order valence-electron chi connectivity index (χ1n) is 10.3. The number of halogens is 1. The molecule has 0 aliphatic carbocycles. The Morgan fingerprint density at radius 1 is 1.39 bits per heavy atom. The molecule has 2 heterocycles. The van der Waals surface area contributed by atoms with Crippen LogP contribution in [0, 0.1) is 5.92 Å². The third kappa shape index (κ3) is 3.97. The molecule has 8 heteroatoms. The number of esters is 1. The minimum Gasteiger partial charge on any atom is -0.469 e. The van der Waals surface area contributed by atoms with Crippen LogP contribution in [0.2, 0.25) is 0 Å². The van der Waals surface area contributed by atoms with Crippen molar-refractivity contribution in [2.75, 3.05) is 25.1 Å². The summed E-state index contributed by atoms with van der Waals surface area (Å²) in [7, 11) is 1.32. The van der Waals surface area contributed by atoms with Crippen LogP contribution < -0.4 is 4.90 Å². The molecule has 0 aromatic heterocycles. The van der Waals surface area contributed by atoms with Gasteiger partial charge in [0.25, 0.3) is 0 Å². The van der Waals surface area contributed by atoms with Crippen LogP contribution in [-0.4, -0.2) is 55.2 Å². The highest BCUT2D eigenvalue weighted by atomic mass is 79.9. The summed E-state index contributed by atoms with van der Waals surface area (Å²) >= 11 is 3.53. The van der Waals surface area contributed by atoms with E-state index in [-0.39, 0.29) is 6.42 Å². The van der Waals surface area contributed by atoms with Crippen molar-refractivity contribution in [1.82, 2.24) is 4.90 Å². The number of carbonyl (C=O) groups excluding carboxylic acids is 3. The number of fused-ring (bicyclic) bond motifs is 3. The van der Waals surface area contributed by atoms with Crippen molar-refractivity contribution >= 4 is 40.0 Å². The van der Waals surface area contributed by atoms with Gasteiger partial charge in [-0.05, 0) is 44.9 Å². The lowest BCUT2D eigenvalue weighted by Crippen LogP contribution is -2.56. The number of anilines is 1. The average Bonchev–Trinajstić information content (AvgIpc) is 3.19. The number of hydrogen-bond donors (Lipinski definition) is 0. The molecule has 168 valence electrons. The van der Waals surface area contributed by atoms with Gasteiger partial charge in [-0.1, -0.05) is 28.1 Å². The van der Waals surface area contributed by atoms with E-state index >= 15 is 0 Å². The Labute approximate surface area is 191 Å². The third-order valence-corrected chi connectivity index (χ3v) is 6.47. The number of aldehydes is 1. The lowest BCUT2D eigenvalue weighted by molar-refractivity contribution is -0.149. The predicted octanol–water partition coefficient (Wildman–Crippen LogP) is 4.04. The van der Waals surface area contributed by atoms with E-state index in [1.807, 2.05) is 39.0 Å². The normalized spacial score (nSPS) is 23.1. The maximum absolute atomic E-state index is 13.2. The Morgan fingerprint density at radius 3 is 2.68 bits per heavy atom. The van der Waals surface area contributed by atoms with Crippen LogP contribution in [0.15, 0.2) is 35.3 Å². The van der Waals surface area contributed by atoms with Crippen molar-refractivity contribution in [2.45, 2.75) is 50.8 Å². The highest BCUT2D eigenvalue weighted by Crippen LogP contribution is 2.57. The monoisotopic (exact) mass is 492 g/mol. The minimum atomic E-state index is -0.802. The highest BCUT2D eigenvalue weighted by molar-refractivity contribution is 9.10. The van der Waals surface area contributed by atoms with Crippen LogP contribution in [0.1, 0.15) is 39.2 Å². The van der Waals surface area contributed by atoms with E-state index in [2.05, 4.69) is 27.4 Å². The van der Waals surface area contributed by atoms with Gasteiger partial charge < -0.3 is 19.2 Å². The Kier molecular flexibility index (Phi) is 6.51. The Balaban J connectivity index is 2.21. The molecule has 1 aromatic rings. The van der Waals surface area contributed by atoms with E-state index in [0.717, 1.165) is 22.0 Å². The van der Waals surface area contributed by atoms with E-state index in [0.29, 0.717) is 19.5 Å². The van der Waals surface area contributed by atoms with Gasteiger partial charge in [-0.25, -0.2) is 4.79 Å². The second-order valence-corrected chi connectivity index (χ2v) is 9.83. The van der Waals surface area contributed by atoms with Crippen LogP contribution >= 0.6 is 15.9 Å². The van der Waals surface area contributed by atoms with E-state index in [1.165, 1.54) is 7.11 Å². The smallest absolute Gasteiger partial charge is 0.411 e. The van der Waals surface area contributed by atoms with Crippen molar-refractivity contribution in [3.63, 3.8) is 0 Å². The van der Waals surface area contributed by atoms with Crippen molar-refractivity contribution in [1.29, 1.82) is 0 Å². The summed E-state index contributed by atoms with van der Waals surface area (Å²) in [6.07, 6.45) is 2.07. The minimum absolute atomic E-state index is 0.00274. The van der Waals surface area contributed by atoms with Gasteiger partial charge in [-0.3, -0.25) is 9.69 Å². The molecule has 1 fully saturated rings. The molecular weight excluding hydrogens is 464 g/mol. The standard InChI is InChI=1S/C23H29BrN2O5/c1-6-11-25-18-14-15(24)7-8-16(18)23(17(9-13-27)19(28)30-5)10-12-26(20(23)25)21(29)31-22(2,3)4/h6-8,13-14,17,20H,1,9-12H2,2-5H3/t17-,20-,23-/m0/s1. The van der Waals surface area contributed by atoms with Gasteiger partial charge in [0.2, 0.25) is 0 Å². The number of hydrogen-bond acceptors (Lipinski definition) is 6. The van der Waals surface area contributed by atoms with Gasteiger partial charge in [0.1, 0.15) is 18.1 Å². The van der Waals surface area contributed by atoms with Crippen LogP contribution in [0.3, 0.4) is 0 Å². The van der Waals surface area contributed by atoms with Gasteiger partial charge >= 0.3 is 12.1 Å². The molecule has 2 aliphatic heterocycles. The van der Waals surface area contributed by atoms with E-state index in [9.17, 15) is 14.4 Å². The van der Waals surface area contributed by atoms with Crippen LogP contribution in [0.5, 0.6) is 0 Å². The third-order valence-electron chi connectivity index (χ3n) is 5.98. The molecule has 1 aromatic carbocycles. The summed E-state index contributed by atoms with van der Waals surface area (Å²) in [6, 6.07) is 5.86. The summed E-state index contributed by atoms with van der Waals surface area (Å²) in [5.41, 5.74) is 0.354. The molecule has 3 atom stereocenters. The molecule has 1 amide bonds. The van der Waals surface area contributed by atoms with Gasteiger partial charge in [-0.2, -0.15) is 0 Å². The zero-order valence-electron chi connectivity index (χ0n) is 18.4. The number of methoxy groups -OCH3 is 1. The fraction of sp³-hybridized carbons (Fsp3) is 0.522. The van der Waals surface area contributed by atoms with Gasteiger partial charge in [0.05, 0.1) is 18.4 Å². The summed E-state index contributed by atoms with van der Waals surface area (Å²) in [5.74, 6) is -1.19. The molecule has 7 nitrogen and oxygen atoms in total. The summed E-state index contributed by atoms with van der Waals surface area (Å²) in [6.45, 7) is 10.2. The first-order chi connectivity index (χ1) is 14.6. The molecule has 1 saturated heterocycles. The fourth-order valence-corrected chi connectivity index (χ4v) is 5.32. The summed E-state index contributed by atoms with van der Waals surface area (Å²) < 4.78 is 11.7. The zero-order chi connectivity index (χ0) is 23.0. The van der Waals surface area contributed by atoms with E-state index < -0.39 is 35.2 Å². The number of nitrogens with zero attached hydrogens (tertiary/aromatic N) is 2. The summed E-state index contributed by atoms with van der Waals surface area (Å²) in [5, 5.41) is 0. The first kappa shape index (κ1) is 23.3. The number of rotatable bonds is 6. The largest absolute Gasteiger partial charge is 0.469 e. The van der Waals surface area contributed by atoms with Gasteiger partial charge in [0, 0.05) is 29.7 Å². The molecule has 31 heavy (non-hydrogen) atoms. The molecular formula is C23H29BrN2O5. The van der Waals surface area contributed by atoms with Gasteiger partial charge in [0.15, 0.2) is 0 Å². The Bertz CT molecular complexity index is 896. The van der Waals surface area contributed by atoms with Crippen molar-refractivity contribution in [3.8, 4) is 0 Å². The maximum atomic E-state index is 13.2. The zero-order valence-corrected chi connectivity index (χ0v) is 20.0. The van der Waals surface area contributed by atoms with Crippen molar-refractivity contribution in [2.24, 2.45) is 5.92 Å². The second-order valence-electron chi connectivity index (χ2n) is 8.92. The lowest BCUT2D eigenvalue weighted by Gasteiger charge is -2.40. The Morgan fingerprint density at radius 2 is 2.10 bits per heavy atom. The van der Waals surface area contributed by atoms with Crippen LogP contribution in [0.4, 0.5) is 10.5 Å². The SMILES string of the molecule is C=CCN1c2cc(Br)ccc2[C@]2([C@@H](CC=O)C(=O)OC)CCN(C(=O)OC(C)(C)C)[C@H]12. The molecule has 0 saturated carbocycles. The first-order valence-corrected chi connectivity index (χ1v) is 11.1. The quantitative estimate of drug-likeness (QED) is 0.338. The molecule has 0 radical (unpaired) electrons. The number of likely N-dealkylation sites (tertiary alicyclic amines) is 1. The predicted molar refractivity (Wildman–Crippen MR) is 121 cm³/mol. The number of benzene rings is 1.